The Morgan fingerprint density at radius 1 is 0.727 bits per heavy atom. The Hall–Kier alpha value is -8.61. The molecule has 2 aromatic carbocycles. The van der Waals surface area contributed by atoms with Gasteiger partial charge >= 0.3 is 0 Å². The molecule has 1 aliphatic carbocycles. The van der Waals surface area contributed by atoms with Gasteiger partial charge in [0.15, 0.2) is 11.6 Å². The molecule has 7 amide bonds. The highest BCUT2D eigenvalue weighted by atomic mass is 32.2. The average Bonchev–Trinajstić information content (AvgIpc) is 2.82. The zero-order valence-electron chi connectivity index (χ0n) is 52.8. The van der Waals surface area contributed by atoms with Gasteiger partial charge in [-0.25, -0.2) is 4.98 Å². The third-order valence-electron chi connectivity index (χ3n) is 13.4. The monoisotopic (exact) mass is 1230 g/mol. The normalized spacial score (nSPS) is 16.7. The molecule has 4 unspecified atom stereocenters. The molecule has 88 heavy (non-hydrogen) atoms. The van der Waals surface area contributed by atoms with E-state index >= 15 is 0 Å². The summed E-state index contributed by atoms with van der Waals surface area (Å²) in [5, 5.41) is 23.3. The van der Waals surface area contributed by atoms with Crippen molar-refractivity contribution in [1.82, 2.24) is 30.2 Å². The first kappa shape index (κ1) is 75.5. The molecule has 0 bridgehead atoms. The number of imide groups is 2. The van der Waals surface area contributed by atoms with Crippen molar-refractivity contribution in [3.8, 4) is 0 Å². The van der Waals surface area contributed by atoms with E-state index in [4.69, 9.17) is 0 Å². The van der Waals surface area contributed by atoms with Gasteiger partial charge in [0.1, 0.15) is 29.1 Å². The predicted molar refractivity (Wildman–Crippen MR) is 337 cm³/mol. The number of aryl methyl sites for hydroxylation is 3. The topological polar surface area (TPSA) is 328 Å². The minimum atomic E-state index is -0.559. The lowest BCUT2D eigenvalue weighted by molar-refractivity contribution is -0.139. The number of Topliss-reactive ketones (excluding diaryl/α,β-unsaturated/α-hetero) is 5. The number of ketones is 5. The third kappa shape index (κ3) is 28.3. The Bertz CT molecular complexity index is 3050. The van der Waals surface area contributed by atoms with E-state index in [2.05, 4.69) is 46.7 Å². The molecule has 25 heteroatoms. The van der Waals surface area contributed by atoms with E-state index < -0.39 is 5.92 Å². The summed E-state index contributed by atoms with van der Waals surface area (Å²) >= 11 is 1.63. The quantitative estimate of drug-likeness (QED) is 0.0126. The molecule has 3 N–H and O–H groups in total. The highest BCUT2D eigenvalue weighted by Gasteiger charge is 2.40. The van der Waals surface area contributed by atoms with Crippen molar-refractivity contribution in [3.05, 3.63) is 95.4 Å². The predicted octanol–water partition coefficient (Wildman–Crippen LogP) is 8.48. The number of rotatable bonds is 22. The molecule has 2 saturated heterocycles. The maximum absolute atomic E-state index is 12.0. The lowest BCUT2D eigenvalue weighted by Gasteiger charge is -2.14. The molecular weight excluding hydrogens is 1150 g/mol. The SMILES string of the molecule is C/C=N/Nc1ccc(C(C)=O)cn1.CC(=O)CCCCCN1C(=O)CC(C)C1=O.CC(=O)CCCc1ccc(C2C(=O)CC(C)C2=O)cc1.CC(=O)Nc1ccc(N2C(=O)CC(C)C2=O)cc1.CN=NC(=O)CCSC.CNC(=O)CCc1cn(C)nn1. The summed E-state index contributed by atoms with van der Waals surface area (Å²) in [4.78, 5) is 142. The van der Waals surface area contributed by atoms with Crippen molar-refractivity contribution in [3.63, 3.8) is 0 Å². The number of hydrogen-bond acceptors (Lipinski definition) is 19. The van der Waals surface area contributed by atoms with Crippen molar-refractivity contribution >= 4 is 105 Å². The summed E-state index contributed by atoms with van der Waals surface area (Å²) in [7, 11) is 4.92. The number of unbranched alkanes of at least 4 members (excludes halogenated alkanes) is 2. The second-order valence-corrected chi connectivity index (χ2v) is 22.1. The molecule has 3 aliphatic rings. The van der Waals surface area contributed by atoms with E-state index in [1.807, 2.05) is 43.6 Å². The van der Waals surface area contributed by atoms with Crippen LogP contribution in [0.1, 0.15) is 159 Å². The van der Waals surface area contributed by atoms with E-state index in [0.29, 0.717) is 74.2 Å². The molecule has 7 rings (SSSR count). The number of azo groups is 1. The molecule has 2 aromatic heterocycles. The van der Waals surface area contributed by atoms with Gasteiger partial charge in [0.25, 0.3) is 5.91 Å². The standard InChI is InChI=1S/C17H20O3.C13H14N2O3.C12H19NO3.C9H11N3O.C7H12N4O.C5H10N2OS/c1-11-10-15(19)16(17(11)20)14-8-6-13(7-9-14)5-3-4-12(2)18;1-8-7-12(17)15(13(8)18)11-5-3-10(4-6-11)14-9(2)16;1-9-8-11(15)13(12(9)16)7-5-3-4-6-10(2)14;1-3-11-12-9-5-4-8(6-10-9)7(2)13;1-8-7(12)4-3-6-5-11(2)10-9-6;1-6-7-5(8)3-4-9-2/h6-9,11,16H,3-5,10H2,1-2H3;3-6,8H,7H2,1-2H3,(H,14,16);9H,3-8H2,1-2H3;3-6H,1-2H3,(H,10,12);5H,3-4H2,1-2H3,(H,8,12);3-4H2,1-2H3/b;;;11-3+;;. The summed E-state index contributed by atoms with van der Waals surface area (Å²) in [6, 6.07) is 17.7. The van der Waals surface area contributed by atoms with E-state index in [1.165, 1.54) is 36.9 Å². The second kappa shape index (κ2) is 40.7. The maximum Gasteiger partial charge on any atom is 0.265 e. The van der Waals surface area contributed by atoms with Gasteiger partial charge in [-0.05, 0) is 107 Å². The van der Waals surface area contributed by atoms with Gasteiger partial charge in [-0.3, -0.25) is 67.9 Å². The van der Waals surface area contributed by atoms with Crippen LogP contribution in [0.3, 0.4) is 0 Å². The van der Waals surface area contributed by atoms with Crippen LogP contribution in [0.15, 0.2) is 88.4 Å². The molecule has 4 atom stereocenters. The average molecular weight is 1240 g/mol. The minimum Gasteiger partial charge on any atom is -0.359 e. The summed E-state index contributed by atoms with van der Waals surface area (Å²) in [5.41, 5.74) is 7.29. The van der Waals surface area contributed by atoms with Gasteiger partial charge in [-0.15, -0.1) is 10.2 Å². The fourth-order valence-electron chi connectivity index (χ4n) is 8.61. The number of anilines is 3. The van der Waals surface area contributed by atoms with Crippen LogP contribution in [-0.2, 0) is 72.6 Å². The van der Waals surface area contributed by atoms with Crippen LogP contribution in [0.25, 0.3) is 0 Å². The van der Waals surface area contributed by atoms with Gasteiger partial charge < -0.3 is 20.2 Å². The number of carbonyl (C=O) groups excluding carboxylic acids is 12. The number of pyridine rings is 1. The van der Waals surface area contributed by atoms with Crippen molar-refractivity contribution in [1.29, 1.82) is 0 Å². The van der Waals surface area contributed by atoms with Crippen molar-refractivity contribution < 1.29 is 57.5 Å². The first-order valence-corrected chi connectivity index (χ1v) is 30.5. The first-order valence-electron chi connectivity index (χ1n) is 29.1. The number of benzene rings is 2. The molecule has 4 heterocycles. The number of hydrogen-bond donors (Lipinski definition) is 3. The number of hydrazone groups is 1. The zero-order valence-corrected chi connectivity index (χ0v) is 53.6. The Kier molecular flexibility index (Phi) is 34.9. The Morgan fingerprint density at radius 2 is 1.36 bits per heavy atom. The van der Waals surface area contributed by atoms with Crippen LogP contribution in [0, 0.1) is 17.8 Å². The van der Waals surface area contributed by atoms with Gasteiger partial charge in [0.2, 0.25) is 35.4 Å². The summed E-state index contributed by atoms with van der Waals surface area (Å²) < 4.78 is 1.62. The van der Waals surface area contributed by atoms with Crippen molar-refractivity contribution in [2.45, 2.75) is 145 Å². The number of nitrogens with one attached hydrogen (secondary N) is 3. The van der Waals surface area contributed by atoms with E-state index in [1.54, 1.807) is 108 Å². The van der Waals surface area contributed by atoms with Crippen LogP contribution in [0.4, 0.5) is 17.2 Å². The molecule has 4 aromatic rings. The molecule has 2 aliphatic heterocycles. The Labute approximate surface area is 519 Å². The van der Waals surface area contributed by atoms with E-state index in [9.17, 15) is 57.5 Å². The van der Waals surface area contributed by atoms with E-state index in [-0.39, 0.29) is 94.4 Å². The first-order chi connectivity index (χ1) is 41.8. The molecule has 0 radical (unpaired) electrons. The van der Waals surface area contributed by atoms with Crippen molar-refractivity contribution in [2.75, 3.05) is 48.3 Å². The van der Waals surface area contributed by atoms with Gasteiger partial charge in [-0.2, -0.15) is 22.0 Å². The molecule has 24 nitrogen and oxygen atoms in total. The minimum absolute atomic E-state index is 0.0121. The number of aromatic nitrogens is 4. The lowest BCUT2D eigenvalue weighted by Crippen LogP contribution is -2.31. The highest BCUT2D eigenvalue weighted by Crippen LogP contribution is 2.32. The van der Waals surface area contributed by atoms with Gasteiger partial charge in [0.05, 0.1) is 11.4 Å². The lowest BCUT2D eigenvalue weighted by atomic mass is 9.93. The summed E-state index contributed by atoms with van der Waals surface area (Å²) in [6.45, 7) is 13.8. The van der Waals surface area contributed by atoms with Gasteiger partial charge in [-0.1, -0.05) is 56.7 Å². The number of likely N-dealkylation sites (tertiary alicyclic amines) is 1. The smallest absolute Gasteiger partial charge is 0.265 e. The number of thioether (sulfide) groups is 1. The molecule has 1 saturated carbocycles. The number of carbonyl (C=O) groups is 12. The maximum atomic E-state index is 12.0. The second-order valence-electron chi connectivity index (χ2n) is 21.1. The summed E-state index contributed by atoms with van der Waals surface area (Å²) in [5.74, 6) is 0.117. The van der Waals surface area contributed by atoms with Crippen LogP contribution < -0.4 is 21.0 Å². The largest absolute Gasteiger partial charge is 0.359 e. The highest BCUT2D eigenvalue weighted by molar-refractivity contribution is 7.98. The van der Waals surface area contributed by atoms with Crippen molar-refractivity contribution in [2.24, 2.45) is 40.1 Å². The summed E-state index contributed by atoms with van der Waals surface area (Å²) in [6.07, 6.45) is 14.9. The zero-order chi connectivity index (χ0) is 65.9. The van der Waals surface area contributed by atoms with Crippen LogP contribution >= 0.6 is 11.8 Å². The fourth-order valence-corrected chi connectivity index (χ4v) is 8.99. The number of amides is 7. The van der Waals surface area contributed by atoms with E-state index in [0.717, 1.165) is 54.7 Å². The third-order valence-corrected chi connectivity index (χ3v) is 14.0. The number of nitrogens with zero attached hydrogens (tertiary/aromatic N) is 9. The Balaban J connectivity index is 0.000000366. The molecule has 476 valence electrons. The molecule has 3 fully saturated rings. The molecular formula is C63H86N12O12S. The van der Waals surface area contributed by atoms with Crippen LogP contribution in [0.2, 0.25) is 0 Å². The fraction of sp³-hybridized carbons (Fsp3) is 0.492. The van der Waals surface area contributed by atoms with Crippen LogP contribution in [-0.4, -0.2) is 134 Å². The Morgan fingerprint density at radius 3 is 1.84 bits per heavy atom. The van der Waals surface area contributed by atoms with Crippen LogP contribution in [0.5, 0.6) is 0 Å². The molecule has 0 spiro atoms. The van der Waals surface area contributed by atoms with Gasteiger partial charge in [0, 0.05) is 139 Å².